The zero-order chi connectivity index (χ0) is 17.1. The van der Waals surface area contributed by atoms with Crippen molar-refractivity contribution in [1.29, 1.82) is 0 Å². The first kappa shape index (κ1) is 16.1. The highest BCUT2D eigenvalue weighted by Gasteiger charge is 2.29. The minimum atomic E-state index is -0.162. The standard InChI is InChI=1S/C18H20N4O2/c1-11-3-5-19-10-15(11)16-7-14(9-18(24)22-16)13-4-6-20-17(8-13)21-12(2)23/h3-6,8,10,14,16H,7,9H2,1-2H3,(H,22,24)(H,20,21,23). The molecule has 1 saturated heterocycles. The van der Waals surface area contributed by atoms with Crippen molar-refractivity contribution in [1.82, 2.24) is 15.3 Å². The Bertz CT molecular complexity index is 775. The Kier molecular flexibility index (Phi) is 4.55. The van der Waals surface area contributed by atoms with Gasteiger partial charge in [0.2, 0.25) is 11.8 Å². The Morgan fingerprint density at radius 3 is 2.92 bits per heavy atom. The molecule has 24 heavy (non-hydrogen) atoms. The molecule has 3 heterocycles. The minimum Gasteiger partial charge on any atom is -0.349 e. The fourth-order valence-corrected chi connectivity index (χ4v) is 3.15. The highest BCUT2D eigenvalue weighted by Crippen LogP contribution is 2.35. The van der Waals surface area contributed by atoms with Crippen molar-refractivity contribution >= 4 is 17.6 Å². The van der Waals surface area contributed by atoms with Crippen molar-refractivity contribution in [3.8, 4) is 0 Å². The first-order valence-electron chi connectivity index (χ1n) is 7.96. The van der Waals surface area contributed by atoms with E-state index < -0.39 is 0 Å². The lowest BCUT2D eigenvalue weighted by Gasteiger charge is -2.31. The van der Waals surface area contributed by atoms with E-state index in [0.717, 1.165) is 23.1 Å². The van der Waals surface area contributed by atoms with Crippen LogP contribution in [0.5, 0.6) is 0 Å². The molecule has 2 unspecified atom stereocenters. The minimum absolute atomic E-state index is 0.0254. The zero-order valence-electron chi connectivity index (χ0n) is 13.7. The van der Waals surface area contributed by atoms with E-state index in [1.54, 1.807) is 12.4 Å². The van der Waals surface area contributed by atoms with Gasteiger partial charge < -0.3 is 10.6 Å². The van der Waals surface area contributed by atoms with E-state index >= 15 is 0 Å². The molecule has 0 bridgehead atoms. The summed E-state index contributed by atoms with van der Waals surface area (Å²) in [4.78, 5) is 31.7. The van der Waals surface area contributed by atoms with Gasteiger partial charge in [-0.25, -0.2) is 4.98 Å². The van der Waals surface area contributed by atoms with Crippen molar-refractivity contribution in [2.24, 2.45) is 0 Å². The number of aryl methyl sites for hydroxylation is 1. The Morgan fingerprint density at radius 1 is 1.33 bits per heavy atom. The third-order valence-electron chi connectivity index (χ3n) is 4.30. The van der Waals surface area contributed by atoms with Crippen LogP contribution in [0.4, 0.5) is 5.82 Å². The molecular formula is C18H20N4O2. The van der Waals surface area contributed by atoms with Crippen LogP contribution in [-0.4, -0.2) is 21.8 Å². The summed E-state index contributed by atoms with van der Waals surface area (Å²) >= 11 is 0. The average molecular weight is 324 g/mol. The van der Waals surface area contributed by atoms with Crippen LogP contribution in [-0.2, 0) is 9.59 Å². The molecule has 0 aromatic carbocycles. The molecule has 2 N–H and O–H groups in total. The predicted octanol–water partition coefficient (Wildman–Crippen LogP) is 2.48. The molecule has 3 rings (SSSR count). The highest BCUT2D eigenvalue weighted by molar-refractivity contribution is 5.87. The van der Waals surface area contributed by atoms with Gasteiger partial charge in [0.25, 0.3) is 0 Å². The molecule has 2 amide bonds. The summed E-state index contributed by atoms with van der Waals surface area (Å²) in [6.07, 6.45) is 6.46. The molecule has 0 radical (unpaired) electrons. The number of anilines is 1. The Morgan fingerprint density at radius 2 is 2.17 bits per heavy atom. The molecule has 2 aromatic heterocycles. The second-order valence-corrected chi connectivity index (χ2v) is 6.14. The van der Waals surface area contributed by atoms with Gasteiger partial charge in [-0.15, -0.1) is 0 Å². The monoisotopic (exact) mass is 324 g/mol. The lowest BCUT2D eigenvalue weighted by atomic mass is 9.83. The van der Waals surface area contributed by atoms with E-state index in [9.17, 15) is 9.59 Å². The van der Waals surface area contributed by atoms with E-state index in [4.69, 9.17) is 0 Å². The first-order valence-corrected chi connectivity index (χ1v) is 7.96. The normalized spacial score (nSPS) is 20.3. The summed E-state index contributed by atoms with van der Waals surface area (Å²) in [5.41, 5.74) is 3.17. The van der Waals surface area contributed by atoms with Crippen LogP contribution in [0.25, 0.3) is 0 Å². The molecule has 2 aromatic rings. The Labute approximate surface area is 140 Å². The van der Waals surface area contributed by atoms with Gasteiger partial charge >= 0.3 is 0 Å². The number of carbonyl (C=O) groups is 2. The predicted molar refractivity (Wildman–Crippen MR) is 90.4 cm³/mol. The van der Waals surface area contributed by atoms with Crippen molar-refractivity contribution in [3.05, 3.63) is 53.5 Å². The van der Waals surface area contributed by atoms with E-state index in [0.29, 0.717) is 12.2 Å². The summed E-state index contributed by atoms with van der Waals surface area (Å²) < 4.78 is 0. The first-order chi connectivity index (χ1) is 11.5. The number of pyridine rings is 2. The topological polar surface area (TPSA) is 84.0 Å². The molecule has 1 fully saturated rings. The number of aromatic nitrogens is 2. The fraction of sp³-hybridized carbons (Fsp3) is 0.333. The number of carbonyl (C=O) groups excluding carboxylic acids is 2. The van der Waals surface area contributed by atoms with Crippen LogP contribution in [0.2, 0.25) is 0 Å². The SMILES string of the molecule is CC(=O)Nc1cc(C2CC(=O)NC(c3cnccc3C)C2)ccn1. The highest BCUT2D eigenvalue weighted by atomic mass is 16.2. The number of piperidine rings is 1. The third-order valence-corrected chi connectivity index (χ3v) is 4.30. The number of nitrogens with zero attached hydrogens (tertiary/aromatic N) is 2. The quantitative estimate of drug-likeness (QED) is 0.908. The van der Waals surface area contributed by atoms with E-state index in [2.05, 4.69) is 20.6 Å². The second-order valence-electron chi connectivity index (χ2n) is 6.14. The summed E-state index contributed by atoms with van der Waals surface area (Å²) in [6, 6.07) is 5.65. The van der Waals surface area contributed by atoms with Crippen molar-refractivity contribution in [2.45, 2.75) is 38.6 Å². The molecule has 6 heteroatoms. The number of amides is 2. The number of hydrogen-bond acceptors (Lipinski definition) is 4. The molecule has 1 aliphatic rings. The largest absolute Gasteiger partial charge is 0.349 e. The maximum Gasteiger partial charge on any atom is 0.222 e. The van der Waals surface area contributed by atoms with Gasteiger partial charge in [-0.1, -0.05) is 0 Å². The molecular weight excluding hydrogens is 304 g/mol. The van der Waals surface area contributed by atoms with Gasteiger partial charge in [0.05, 0.1) is 6.04 Å². The number of rotatable bonds is 3. The molecule has 2 atom stereocenters. The number of hydrogen-bond donors (Lipinski definition) is 2. The summed E-state index contributed by atoms with van der Waals surface area (Å²) in [7, 11) is 0. The molecule has 1 aliphatic heterocycles. The lowest BCUT2D eigenvalue weighted by molar-refractivity contribution is -0.124. The molecule has 0 saturated carbocycles. The van der Waals surface area contributed by atoms with Crippen molar-refractivity contribution < 1.29 is 9.59 Å². The van der Waals surface area contributed by atoms with Crippen LogP contribution < -0.4 is 10.6 Å². The van der Waals surface area contributed by atoms with Crippen LogP contribution >= 0.6 is 0 Å². The fourth-order valence-electron chi connectivity index (χ4n) is 3.15. The van der Waals surface area contributed by atoms with Gasteiger partial charge in [-0.05, 0) is 54.2 Å². The molecule has 124 valence electrons. The van der Waals surface area contributed by atoms with Crippen molar-refractivity contribution in [2.75, 3.05) is 5.32 Å². The van der Waals surface area contributed by atoms with Gasteiger partial charge in [0.15, 0.2) is 0 Å². The molecule has 0 spiro atoms. The van der Waals surface area contributed by atoms with Crippen molar-refractivity contribution in [3.63, 3.8) is 0 Å². The Balaban J connectivity index is 1.85. The van der Waals surface area contributed by atoms with Crippen LogP contribution in [0.3, 0.4) is 0 Å². The summed E-state index contributed by atoms with van der Waals surface area (Å²) in [5, 5.41) is 5.74. The summed E-state index contributed by atoms with van der Waals surface area (Å²) in [6.45, 7) is 3.47. The van der Waals surface area contributed by atoms with E-state index in [-0.39, 0.29) is 23.8 Å². The van der Waals surface area contributed by atoms with Crippen LogP contribution in [0, 0.1) is 6.92 Å². The van der Waals surface area contributed by atoms with Gasteiger partial charge in [0.1, 0.15) is 5.82 Å². The summed E-state index contributed by atoms with van der Waals surface area (Å²) in [5.74, 6) is 0.459. The van der Waals surface area contributed by atoms with E-state index in [1.807, 2.05) is 31.3 Å². The van der Waals surface area contributed by atoms with E-state index in [1.165, 1.54) is 6.92 Å². The molecule has 6 nitrogen and oxygen atoms in total. The zero-order valence-corrected chi connectivity index (χ0v) is 13.7. The van der Waals surface area contributed by atoms with Gasteiger partial charge in [-0.3, -0.25) is 14.6 Å². The van der Waals surface area contributed by atoms with Gasteiger partial charge in [0, 0.05) is 31.9 Å². The number of nitrogens with one attached hydrogen (secondary N) is 2. The second kappa shape index (κ2) is 6.78. The third kappa shape index (κ3) is 3.59. The smallest absolute Gasteiger partial charge is 0.222 e. The molecule has 0 aliphatic carbocycles. The van der Waals surface area contributed by atoms with Gasteiger partial charge in [-0.2, -0.15) is 0 Å². The maximum absolute atomic E-state index is 12.2. The van der Waals surface area contributed by atoms with Crippen LogP contribution in [0.1, 0.15) is 48.4 Å². The lowest BCUT2D eigenvalue weighted by Crippen LogP contribution is -2.36. The average Bonchev–Trinajstić information content (AvgIpc) is 2.54. The maximum atomic E-state index is 12.2. The van der Waals surface area contributed by atoms with Crippen LogP contribution in [0.15, 0.2) is 36.8 Å². The Hall–Kier alpha value is -2.76.